The van der Waals surface area contributed by atoms with Gasteiger partial charge in [-0.3, -0.25) is 4.57 Å². The van der Waals surface area contributed by atoms with Crippen molar-refractivity contribution in [2.45, 2.75) is 30.5 Å². The Kier molecular flexibility index (Phi) is 7.57. The molecule has 0 saturated heterocycles. The lowest BCUT2D eigenvalue weighted by Crippen LogP contribution is -2.08. The van der Waals surface area contributed by atoms with E-state index in [0.717, 1.165) is 27.3 Å². The van der Waals surface area contributed by atoms with E-state index in [2.05, 4.69) is 22.2 Å². The van der Waals surface area contributed by atoms with Crippen molar-refractivity contribution in [3.05, 3.63) is 99.5 Å². The second-order valence-electron chi connectivity index (χ2n) is 6.84. The quantitative estimate of drug-likeness (QED) is 0.198. The zero-order valence-corrected chi connectivity index (χ0v) is 19.5. The van der Waals surface area contributed by atoms with Crippen LogP contribution < -0.4 is 4.74 Å². The van der Waals surface area contributed by atoms with Crippen molar-refractivity contribution in [3.8, 4) is 5.75 Å². The van der Waals surface area contributed by atoms with E-state index in [0.29, 0.717) is 18.1 Å². The zero-order chi connectivity index (χ0) is 22.3. The zero-order valence-electron chi connectivity index (χ0n) is 17.1. The summed E-state index contributed by atoms with van der Waals surface area (Å²) in [5.74, 6) is 1.05. The number of para-hydroxylation sites is 1. The highest BCUT2D eigenvalue weighted by molar-refractivity contribution is 7.98. The van der Waals surface area contributed by atoms with Crippen LogP contribution in [0.2, 0.25) is 5.02 Å². The van der Waals surface area contributed by atoms with E-state index in [9.17, 15) is 4.39 Å². The average molecular weight is 487 g/mol. The average Bonchev–Trinajstić information content (AvgIpc) is 3.40. The van der Waals surface area contributed by atoms with Gasteiger partial charge in [-0.25, -0.2) is 9.37 Å². The first kappa shape index (κ1) is 22.5. The molecule has 164 valence electrons. The van der Waals surface area contributed by atoms with Crippen molar-refractivity contribution in [1.82, 2.24) is 19.7 Å². The van der Waals surface area contributed by atoms with Crippen LogP contribution in [-0.2, 0) is 25.3 Å². The number of thiazole rings is 1. The molecule has 2 aromatic carbocycles. The van der Waals surface area contributed by atoms with Gasteiger partial charge < -0.3 is 4.74 Å². The minimum absolute atomic E-state index is 0.115. The maximum absolute atomic E-state index is 13.8. The van der Waals surface area contributed by atoms with Crippen LogP contribution in [-0.4, -0.2) is 19.7 Å². The number of benzene rings is 2. The van der Waals surface area contributed by atoms with Crippen molar-refractivity contribution in [2.75, 3.05) is 0 Å². The predicted octanol–water partition coefficient (Wildman–Crippen LogP) is 6.18. The van der Waals surface area contributed by atoms with Gasteiger partial charge in [-0.2, -0.15) is 0 Å². The van der Waals surface area contributed by atoms with Crippen LogP contribution in [0, 0.1) is 5.82 Å². The first-order chi connectivity index (χ1) is 15.6. The lowest BCUT2D eigenvalue weighted by Gasteiger charge is -2.09. The SMILES string of the molecule is C=CCn1c(COc2ccccc2F)nnc1SCc1csc(Cc2ccc(Cl)cc2)n1. The Hall–Kier alpha value is -2.68. The molecule has 0 saturated carbocycles. The van der Waals surface area contributed by atoms with Gasteiger partial charge in [0.05, 0.1) is 10.7 Å². The van der Waals surface area contributed by atoms with Crippen LogP contribution in [0.1, 0.15) is 22.1 Å². The van der Waals surface area contributed by atoms with Crippen LogP contribution in [0.15, 0.2) is 71.7 Å². The molecule has 9 heteroatoms. The van der Waals surface area contributed by atoms with Crippen molar-refractivity contribution in [3.63, 3.8) is 0 Å². The monoisotopic (exact) mass is 486 g/mol. The fraction of sp³-hybridized carbons (Fsp3) is 0.174. The fourth-order valence-electron chi connectivity index (χ4n) is 2.96. The summed E-state index contributed by atoms with van der Waals surface area (Å²) in [6.45, 7) is 4.46. The van der Waals surface area contributed by atoms with Gasteiger partial charge in [-0.05, 0) is 29.8 Å². The Labute approximate surface area is 198 Å². The molecule has 4 aromatic rings. The number of rotatable bonds is 10. The molecule has 0 aliphatic heterocycles. The van der Waals surface area contributed by atoms with Gasteiger partial charge in [0.2, 0.25) is 0 Å². The molecule has 5 nitrogen and oxygen atoms in total. The van der Waals surface area contributed by atoms with Gasteiger partial charge in [0.25, 0.3) is 0 Å². The van der Waals surface area contributed by atoms with E-state index in [1.165, 1.54) is 11.6 Å². The third kappa shape index (κ3) is 5.76. The molecule has 0 amide bonds. The summed E-state index contributed by atoms with van der Waals surface area (Å²) < 4.78 is 21.3. The van der Waals surface area contributed by atoms with Crippen molar-refractivity contribution in [2.24, 2.45) is 0 Å². The van der Waals surface area contributed by atoms with Crippen molar-refractivity contribution < 1.29 is 9.13 Å². The van der Waals surface area contributed by atoms with Crippen LogP contribution in [0.3, 0.4) is 0 Å². The lowest BCUT2D eigenvalue weighted by atomic mass is 10.2. The summed E-state index contributed by atoms with van der Waals surface area (Å²) in [5, 5.41) is 13.1. The Balaban J connectivity index is 1.39. The van der Waals surface area contributed by atoms with Crippen LogP contribution in [0.5, 0.6) is 5.75 Å². The van der Waals surface area contributed by atoms with Gasteiger partial charge in [0.15, 0.2) is 22.5 Å². The second kappa shape index (κ2) is 10.8. The highest BCUT2D eigenvalue weighted by Gasteiger charge is 2.14. The maximum Gasteiger partial charge on any atom is 0.191 e. The topological polar surface area (TPSA) is 52.8 Å². The van der Waals surface area contributed by atoms with Gasteiger partial charge in [0.1, 0.15) is 6.61 Å². The predicted molar refractivity (Wildman–Crippen MR) is 127 cm³/mol. The number of allylic oxidation sites excluding steroid dienone is 1. The van der Waals surface area contributed by atoms with Gasteiger partial charge in [-0.15, -0.1) is 28.1 Å². The Morgan fingerprint density at radius 3 is 2.75 bits per heavy atom. The standard InChI is InChI=1S/C23H20ClFN4OS2/c1-2-11-29-21(13-30-20-6-4-3-5-19(20)25)27-28-23(29)32-15-18-14-31-22(26-18)12-16-7-9-17(24)10-8-16/h2-10,14H,1,11-13,15H2. The lowest BCUT2D eigenvalue weighted by molar-refractivity contribution is 0.275. The highest BCUT2D eigenvalue weighted by atomic mass is 35.5. The highest BCUT2D eigenvalue weighted by Crippen LogP contribution is 2.25. The maximum atomic E-state index is 13.8. The van der Waals surface area contributed by atoms with Gasteiger partial charge >= 0.3 is 0 Å². The molecule has 0 radical (unpaired) electrons. The molecule has 0 spiro atoms. The van der Waals surface area contributed by atoms with E-state index < -0.39 is 5.82 Å². The molecule has 32 heavy (non-hydrogen) atoms. The van der Waals surface area contributed by atoms with Gasteiger partial charge in [0, 0.05) is 29.1 Å². The summed E-state index contributed by atoms with van der Waals surface area (Å²) in [4.78, 5) is 4.73. The molecule has 0 bridgehead atoms. The first-order valence-electron chi connectivity index (χ1n) is 9.83. The van der Waals surface area contributed by atoms with E-state index in [1.54, 1.807) is 47.4 Å². The molecule has 0 aliphatic rings. The summed E-state index contributed by atoms with van der Waals surface area (Å²) in [5.41, 5.74) is 2.16. The van der Waals surface area contributed by atoms with Crippen molar-refractivity contribution >= 4 is 34.7 Å². The Bertz CT molecular complexity index is 1190. The molecule has 0 aliphatic carbocycles. The third-order valence-electron chi connectivity index (χ3n) is 4.52. The van der Waals surface area contributed by atoms with Crippen molar-refractivity contribution in [1.29, 1.82) is 0 Å². The molecule has 0 unspecified atom stereocenters. The number of halogens is 2. The Morgan fingerprint density at radius 2 is 1.97 bits per heavy atom. The fourth-order valence-corrected chi connectivity index (χ4v) is 4.88. The molecule has 0 fully saturated rings. The molecule has 4 rings (SSSR count). The van der Waals surface area contributed by atoms with Crippen LogP contribution in [0.4, 0.5) is 4.39 Å². The number of ether oxygens (including phenoxy) is 1. The van der Waals surface area contributed by atoms with E-state index >= 15 is 0 Å². The molecule has 2 heterocycles. The summed E-state index contributed by atoms with van der Waals surface area (Å²) in [7, 11) is 0. The number of hydrogen-bond acceptors (Lipinski definition) is 6. The smallest absolute Gasteiger partial charge is 0.191 e. The van der Waals surface area contributed by atoms with E-state index in [-0.39, 0.29) is 12.4 Å². The summed E-state index contributed by atoms with van der Waals surface area (Å²) in [6.07, 6.45) is 2.55. The molecule has 0 N–H and O–H groups in total. The summed E-state index contributed by atoms with van der Waals surface area (Å²) >= 11 is 9.14. The minimum atomic E-state index is -0.408. The molecular formula is C23H20ClFN4OS2. The van der Waals surface area contributed by atoms with E-state index in [1.807, 2.05) is 28.8 Å². The van der Waals surface area contributed by atoms with Crippen LogP contribution >= 0.6 is 34.7 Å². The van der Waals surface area contributed by atoms with Crippen LogP contribution in [0.25, 0.3) is 0 Å². The van der Waals surface area contributed by atoms with E-state index in [4.69, 9.17) is 21.3 Å². The Morgan fingerprint density at radius 1 is 1.16 bits per heavy atom. The molecule has 2 aromatic heterocycles. The number of aromatic nitrogens is 4. The first-order valence-corrected chi connectivity index (χ1v) is 12.1. The third-order valence-corrected chi connectivity index (χ3v) is 6.67. The van der Waals surface area contributed by atoms with Gasteiger partial charge in [-0.1, -0.05) is 53.7 Å². The number of nitrogens with zero attached hydrogens (tertiary/aromatic N) is 4. The molecular weight excluding hydrogens is 467 g/mol. The number of hydrogen-bond donors (Lipinski definition) is 0. The second-order valence-corrected chi connectivity index (χ2v) is 9.16. The number of thioether (sulfide) groups is 1. The normalized spacial score (nSPS) is 10.9. The minimum Gasteiger partial charge on any atom is -0.483 e. The largest absolute Gasteiger partial charge is 0.483 e. The summed E-state index contributed by atoms with van der Waals surface area (Å²) in [6, 6.07) is 14.1. The molecule has 0 atom stereocenters.